The number of rotatable bonds is 3. The molecule has 1 aromatic carbocycles. The smallest absolute Gasteiger partial charge is 0.329 e. The SMILES string of the molecule is C[C@H]1N(C(C)(C)c2nc3ccccc3n2C)C=C[N+]1(C)c1scc[n+]1C. The molecule has 26 heavy (non-hydrogen) atoms. The number of fused-ring (bicyclic) bond motifs is 1. The van der Waals surface area contributed by atoms with E-state index in [1.54, 1.807) is 11.3 Å². The quantitative estimate of drug-likeness (QED) is 0.522. The zero-order valence-electron chi connectivity index (χ0n) is 16.3. The molecule has 0 amide bonds. The molecule has 3 heterocycles. The van der Waals surface area contributed by atoms with E-state index >= 15 is 0 Å². The van der Waals surface area contributed by atoms with Crippen LogP contribution in [0.5, 0.6) is 0 Å². The average Bonchev–Trinajstić information content (AvgIpc) is 3.27. The van der Waals surface area contributed by atoms with E-state index in [4.69, 9.17) is 4.98 Å². The molecule has 1 unspecified atom stereocenters. The van der Waals surface area contributed by atoms with E-state index in [9.17, 15) is 0 Å². The van der Waals surface area contributed by atoms with Crippen molar-refractivity contribution >= 4 is 27.5 Å². The molecule has 0 saturated heterocycles. The van der Waals surface area contributed by atoms with E-state index < -0.39 is 0 Å². The maximum atomic E-state index is 4.97. The third-order valence-electron chi connectivity index (χ3n) is 5.87. The topological polar surface area (TPSA) is 24.9 Å². The summed E-state index contributed by atoms with van der Waals surface area (Å²) in [6, 6.07) is 8.35. The second kappa shape index (κ2) is 5.66. The summed E-state index contributed by atoms with van der Waals surface area (Å²) in [5.41, 5.74) is 2.00. The second-order valence-corrected chi connectivity index (χ2v) is 8.70. The van der Waals surface area contributed by atoms with Crippen molar-refractivity contribution in [3.05, 3.63) is 54.1 Å². The number of para-hydroxylation sites is 2. The standard InChI is InChI=1S/C20H27N5S/c1-15-24(11-13-25(15,6)19-22(4)12-14-26-19)20(2,3)18-21-16-9-7-8-10-17(16)23(18)5/h7-15H,1-6H3/q+2/t15-,25?/m0/s1. The van der Waals surface area contributed by atoms with Crippen LogP contribution in [0.4, 0.5) is 5.13 Å². The molecule has 3 aromatic rings. The van der Waals surface area contributed by atoms with Gasteiger partial charge >= 0.3 is 5.13 Å². The summed E-state index contributed by atoms with van der Waals surface area (Å²) in [6.45, 7) is 6.82. The predicted octanol–water partition coefficient (Wildman–Crippen LogP) is 3.46. The molecule has 4 rings (SSSR count). The van der Waals surface area contributed by atoms with E-state index in [1.807, 2.05) is 0 Å². The number of aryl methyl sites for hydroxylation is 2. The van der Waals surface area contributed by atoms with Crippen LogP contribution in [0, 0.1) is 0 Å². The highest BCUT2D eigenvalue weighted by molar-refractivity contribution is 7.13. The van der Waals surface area contributed by atoms with Gasteiger partial charge in [-0.1, -0.05) is 12.1 Å². The fourth-order valence-corrected chi connectivity index (χ4v) is 5.22. The van der Waals surface area contributed by atoms with Crippen LogP contribution >= 0.6 is 11.3 Å². The lowest BCUT2D eigenvalue weighted by atomic mass is 10.0. The highest BCUT2D eigenvalue weighted by Gasteiger charge is 2.50. The van der Waals surface area contributed by atoms with Crippen molar-refractivity contribution in [2.24, 2.45) is 14.1 Å². The van der Waals surface area contributed by atoms with Gasteiger partial charge in [-0.3, -0.25) is 0 Å². The van der Waals surface area contributed by atoms with Crippen LogP contribution < -0.4 is 9.05 Å². The molecule has 0 saturated carbocycles. The number of thiazole rings is 1. The molecule has 0 bridgehead atoms. The molecule has 0 N–H and O–H groups in total. The Morgan fingerprint density at radius 2 is 2.00 bits per heavy atom. The average molecular weight is 370 g/mol. The van der Waals surface area contributed by atoms with Gasteiger partial charge < -0.3 is 9.47 Å². The van der Waals surface area contributed by atoms with Crippen LogP contribution in [0.3, 0.4) is 0 Å². The monoisotopic (exact) mass is 369 g/mol. The Morgan fingerprint density at radius 3 is 2.65 bits per heavy atom. The predicted molar refractivity (Wildman–Crippen MR) is 107 cm³/mol. The number of benzene rings is 1. The number of imidazole rings is 1. The molecular weight excluding hydrogens is 342 g/mol. The zero-order chi connectivity index (χ0) is 18.7. The summed E-state index contributed by atoms with van der Waals surface area (Å²) in [6.07, 6.45) is 6.93. The first kappa shape index (κ1) is 17.2. The molecule has 1 aliphatic rings. The van der Waals surface area contributed by atoms with Gasteiger partial charge in [-0.05, 0) is 37.3 Å². The third-order valence-corrected chi connectivity index (χ3v) is 7.02. The minimum atomic E-state index is -0.227. The Kier molecular flexibility index (Phi) is 3.75. The lowest BCUT2D eigenvalue weighted by Gasteiger charge is -2.40. The lowest BCUT2D eigenvalue weighted by molar-refractivity contribution is -0.660. The fourth-order valence-electron chi connectivity index (χ4n) is 4.19. The number of hydrogen-bond donors (Lipinski definition) is 0. The maximum absolute atomic E-state index is 4.97. The Labute approximate surface area is 159 Å². The van der Waals surface area contributed by atoms with Crippen LogP contribution in [-0.2, 0) is 19.6 Å². The van der Waals surface area contributed by atoms with Crippen molar-refractivity contribution in [1.82, 2.24) is 18.9 Å². The van der Waals surface area contributed by atoms with Crippen LogP contribution in [-0.4, -0.2) is 27.7 Å². The van der Waals surface area contributed by atoms with Gasteiger partial charge in [0.1, 0.15) is 19.1 Å². The Hall–Kier alpha value is -2.18. The molecule has 136 valence electrons. The number of aromatic nitrogens is 3. The minimum absolute atomic E-state index is 0.227. The van der Waals surface area contributed by atoms with Gasteiger partial charge in [-0.25, -0.2) is 4.98 Å². The summed E-state index contributed by atoms with van der Waals surface area (Å²) < 4.78 is 5.21. The van der Waals surface area contributed by atoms with Gasteiger partial charge in [0.15, 0.2) is 12.4 Å². The van der Waals surface area contributed by atoms with Crippen LogP contribution in [0.2, 0.25) is 0 Å². The van der Waals surface area contributed by atoms with Crippen molar-refractivity contribution < 1.29 is 4.57 Å². The fraction of sp³-hybridized carbons (Fsp3) is 0.400. The molecule has 0 fully saturated rings. The number of hydrogen-bond acceptors (Lipinski definition) is 3. The number of nitrogens with zero attached hydrogens (tertiary/aromatic N) is 5. The van der Waals surface area contributed by atoms with E-state index in [2.05, 4.69) is 104 Å². The molecule has 2 aromatic heterocycles. The van der Waals surface area contributed by atoms with Crippen LogP contribution in [0.1, 0.15) is 26.6 Å². The Bertz CT molecular complexity index is 999. The number of quaternary nitrogens is 1. The molecule has 5 nitrogen and oxygen atoms in total. The summed E-state index contributed by atoms with van der Waals surface area (Å²) in [5, 5.41) is 3.47. The lowest BCUT2D eigenvalue weighted by Crippen LogP contribution is -2.57. The van der Waals surface area contributed by atoms with Crippen LogP contribution in [0.25, 0.3) is 11.0 Å². The summed E-state index contributed by atoms with van der Waals surface area (Å²) >= 11 is 1.80. The summed E-state index contributed by atoms with van der Waals surface area (Å²) in [7, 11) is 6.51. The maximum Gasteiger partial charge on any atom is 0.435 e. The van der Waals surface area contributed by atoms with Crippen molar-refractivity contribution in [2.45, 2.75) is 32.5 Å². The van der Waals surface area contributed by atoms with Gasteiger partial charge in [0, 0.05) is 14.0 Å². The molecule has 0 spiro atoms. The second-order valence-electron chi connectivity index (χ2n) is 7.82. The van der Waals surface area contributed by atoms with Gasteiger partial charge in [-0.15, -0.1) is 4.57 Å². The van der Waals surface area contributed by atoms with E-state index in [-0.39, 0.29) is 11.7 Å². The van der Waals surface area contributed by atoms with Gasteiger partial charge in [0.2, 0.25) is 0 Å². The minimum Gasteiger partial charge on any atom is -0.329 e. The van der Waals surface area contributed by atoms with Gasteiger partial charge in [-0.2, -0.15) is 4.48 Å². The largest absolute Gasteiger partial charge is 0.435 e. The molecule has 0 aliphatic carbocycles. The molecule has 1 aliphatic heterocycles. The molecule has 2 atom stereocenters. The van der Waals surface area contributed by atoms with Crippen molar-refractivity contribution in [2.75, 3.05) is 7.05 Å². The Balaban J connectivity index is 1.76. The summed E-state index contributed by atoms with van der Waals surface area (Å²) in [4.78, 5) is 7.41. The normalized spacial score (nSPS) is 23.3. The third kappa shape index (κ3) is 2.25. The first-order valence-electron chi connectivity index (χ1n) is 8.96. The highest BCUT2D eigenvalue weighted by atomic mass is 32.1. The van der Waals surface area contributed by atoms with Crippen molar-refractivity contribution in [3.63, 3.8) is 0 Å². The molecule has 6 heteroatoms. The Morgan fingerprint density at radius 1 is 1.27 bits per heavy atom. The summed E-state index contributed by atoms with van der Waals surface area (Å²) in [5.74, 6) is 1.08. The van der Waals surface area contributed by atoms with Crippen LogP contribution in [0.15, 0.2) is 48.2 Å². The zero-order valence-corrected chi connectivity index (χ0v) is 17.2. The van der Waals surface area contributed by atoms with Gasteiger partial charge in [0.05, 0.1) is 35.2 Å². The van der Waals surface area contributed by atoms with Crippen molar-refractivity contribution in [1.29, 1.82) is 0 Å². The first-order chi connectivity index (χ1) is 12.3. The van der Waals surface area contributed by atoms with Crippen molar-refractivity contribution in [3.8, 4) is 0 Å². The van der Waals surface area contributed by atoms with E-state index in [0.29, 0.717) is 0 Å². The first-order valence-corrected chi connectivity index (χ1v) is 9.84. The van der Waals surface area contributed by atoms with E-state index in [1.165, 1.54) is 10.6 Å². The van der Waals surface area contributed by atoms with Gasteiger partial charge in [0.25, 0.3) is 0 Å². The molecule has 0 radical (unpaired) electrons. The highest BCUT2D eigenvalue weighted by Crippen LogP contribution is 2.39. The molecular formula is C20H27N5S+2. The van der Waals surface area contributed by atoms with E-state index in [0.717, 1.165) is 15.8 Å².